The van der Waals surface area contributed by atoms with Crippen LogP contribution in [0.1, 0.15) is 22.7 Å². The van der Waals surface area contributed by atoms with Gasteiger partial charge in [0.25, 0.3) is 5.78 Å². The number of carbonyl (C=O) groups excluding carboxylic acids is 2. The summed E-state index contributed by atoms with van der Waals surface area (Å²) in [6.07, 6.45) is 0. The zero-order valence-electron chi connectivity index (χ0n) is 25.6. The van der Waals surface area contributed by atoms with E-state index in [0.29, 0.717) is 15.7 Å². The number of ketones is 1. The summed E-state index contributed by atoms with van der Waals surface area (Å²) in [5.74, 6) is -1.93. The number of aromatic nitrogens is 2. The fraction of sp³-hybridized carbons (Fsp3) is 0.176. The Balaban J connectivity index is 1.44. The van der Waals surface area contributed by atoms with E-state index in [1.165, 1.54) is 57.2 Å². The van der Waals surface area contributed by atoms with Gasteiger partial charge in [-0.1, -0.05) is 65.6 Å². The first-order valence-corrected chi connectivity index (χ1v) is 16.0. The van der Waals surface area contributed by atoms with Crippen molar-refractivity contribution in [3.63, 3.8) is 0 Å². The first kappa shape index (κ1) is 31.8. The molecule has 0 saturated carbocycles. The Labute approximate surface area is 277 Å². The van der Waals surface area contributed by atoms with Crippen LogP contribution in [0.4, 0.5) is 9.52 Å². The van der Waals surface area contributed by atoms with Crippen LogP contribution in [-0.2, 0) is 15.3 Å². The van der Waals surface area contributed by atoms with E-state index in [9.17, 15) is 19.1 Å². The molecule has 6 rings (SSSR count). The zero-order valence-corrected chi connectivity index (χ0v) is 27.3. The Morgan fingerprint density at radius 2 is 1.60 bits per heavy atom. The van der Waals surface area contributed by atoms with Crippen molar-refractivity contribution >= 4 is 56.5 Å². The highest BCUT2D eigenvalue weighted by atomic mass is 32.2. The van der Waals surface area contributed by atoms with Crippen LogP contribution < -0.4 is 23.8 Å². The quantitative estimate of drug-likeness (QED) is 0.0558. The van der Waals surface area contributed by atoms with E-state index in [2.05, 4.69) is 16.3 Å². The van der Waals surface area contributed by atoms with E-state index in [4.69, 9.17) is 18.9 Å². The first-order valence-electron chi connectivity index (χ1n) is 14.2. The summed E-state index contributed by atoms with van der Waals surface area (Å²) in [4.78, 5) is 28.6. The molecule has 5 aromatic rings. The van der Waals surface area contributed by atoms with E-state index in [-0.39, 0.29) is 39.3 Å². The lowest BCUT2D eigenvalue weighted by Crippen LogP contribution is -2.29. The lowest BCUT2D eigenvalue weighted by atomic mass is 9.94. The minimum atomic E-state index is -1.21. The number of benzene rings is 4. The Morgan fingerprint density at radius 3 is 2.28 bits per heavy atom. The van der Waals surface area contributed by atoms with Crippen molar-refractivity contribution < 1.29 is 38.0 Å². The van der Waals surface area contributed by atoms with E-state index in [1.54, 1.807) is 12.1 Å². The number of aliphatic hydroxyl groups excluding tert-OH is 1. The Morgan fingerprint density at radius 1 is 0.894 bits per heavy atom. The third kappa shape index (κ3) is 5.83. The molecule has 13 heteroatoms. The molecule has 0 aliphatic carbocycles. The van der Waals surface area contributed by atoms with Crippen LogP contribution in [0.25, 0.3) is 16.5 Å². The Kier molecular flexibility index (Phi) is 9.01. The molecule has 0 radical (unpaired) electrons. The van der Waals surface area contributed by atoms with Gasteiger partial charge in [0.15, 0.2) is 27.4 Å². The number of hydrogen-bond donors (Lipinski definition) is 1. The molecule has 2 heterocycles. The maximum Gasteiger partial charge on any atom is 0.301 e. The molecule has 4 aromatic carbocycles. The largest absolute Gasteiger partial charge is 0.507 e. The van der Waals surface area contributed by atoms with Gasteiger partial charge >= 0.3 is 5.91 Å². The number of Topliss-reactive ketones (excluding diaryl/α,β-unsaturated/α-hetero) is 1. The summed E-state index contributed by atoms with van der Waals surface area (Å²) in [5, 5.41) is 22.5. The van der Waals surface area contributed by atoms with Gasteiger partial charge in [-0.05, 0) is 52.2 Å². The summed E-state index contributed by atoms with van der Waals surface area (Å²) in [6.45, 7) is 0. The zero-order chi connectivity index (χ0) is 33.2. The summed E-state index contributed by atoms with van der Waals surface area (Å²) < 4.78 is 36.8. The molecular formula is C34H28FN3O7S2. The number of nitrogens with zero attached hydrogens (tertiary/aromatic N) is 3. The van der Waals surface area contributed by atoms with Crippen LogP contribution in [-0.4, -0.2) is 55.4 Å². The highest BCUT2D eigenvalue weighted by Crippen LogP contribution is 2.48. The third-order valence-corrected chi connectivity index (χ3v) is 9.81. The Bertz CT molecular complexity index is 2020. The van der Waals surface area contributed by atoms with Gasteiger partial charge in [0.1, 0.15) is 5.76 Å². The smallest absolute Gasteiger partial charge is 0.301 e. The lowest BCUT2D eigenvalue weighted by Gasteiger charge is -2.24. The molecular weight excluding hydrogens is 646 g/mol. The number of methoxy groups -OCH3 is 4. The highest BCUT2D eigenvalue weighted by molar-refractivity contribution is 8.00. The van der Waals surface area contributed by atoms with Crippen molar-refractivity contribution in [3.8, 4) is 23.0 Å². The van der Waals surface area contributed by atoms with Crippen molar-refractivity contribution in [2.24, 2.45) is 0 Å². The number of ether oxygens (including phenoxy) is 4. The van der Waals surface area contributed by atoms with Crippen molar-refractivity contribution in [2.45, 2.75) is 16.1 Å². The van der Waals surface area contributed by atoms with Gasteiger partial charge in [-0.25, -0.2) is 4.39 Å². The molecule has 1 fully saturated rings. The highest BCUT2D eigenvalue weighted by Gasteiger charge is 2.49. The molecule has 1 amide bonds. The van der Waals surface area contributed by atoms with Crippen LogP contribution in [0.15, 0.2) is 82.7 Å². The van der Waals surface area contributed by atoms with E-state index in [1.807, 2.05) is 36.4 Å². The molecule has 0 bridgehead atoms. The standard InChI is InChI=1S/C34H28FN3O7S2/c1-42-24-13-12-19(14-23(24)35)29(39)27-28(21-15-25(43-2)31(45-4)26(16-21)44-3)38(32(41)30(27)40)33-36-37-34(47-33)46-17-20-10-7-9-18-8-5-6-11-22(18)20/h5-16,28,39H,17H2,1-4H3/b29-27-. The molecule has 1 aliphatic rings. The average Bonchev–Trinajstić information content (AvgIpc) is 3.67. The summed E-state index contributed by atoms with van der Waals surface area (Å²) in [7, 11) is 5.62. The van der Waals surface area contributed by atoms with Gasteiger partial charge in [-0.15, -0.1) is 10.2 Å². The van der Waals surface area contributed by atoms with Crippen LogP contribution >= 0.6 is 23.1 Å². The number of fused-ring (bicyclic) bond motifs is 1. The number of halogens is 1. The fourth-order valence-electron chi connectivity index (χ4n) is 5.49. The SMILES string of the molecule is COc1ccc(/C(O)=C2/C(=O)C(=O)N(c3nnc(SCc4cccc5ccccc45)s3)C2c2cc(OC)c(OC)c(OC)c2)cc1F. The van der Waals surface area contributed by atoms with Crippen LogP contribution in [0.2, 0.25) is 0 Å². The molecule has 1 unspecified atom stereocenters. The molecule has 1 N–H and O–H groups in total. The molecule has 1 aromatic heterocycles. The monoisotopic (exact) mass is 673 g/mol. The number of amides is 1. The number of carbonyl (C=O) groups is 2. The molecule has 10 nitrogen and oxygen atoms in total. The normalized spacial score (nSPS) is 15.7. The minimum absolute atomic E-state index is 0.0256. The van der Waals surface area contributed by atoms with Crippen molar-refractivity contribution in [2.75, 3.05) is 33.3 Å². The van der Waals surface area contributed by atoms with Gasteiger partial charge < -0.3 is 24.1 Å². The second kappa shape index (κ2) is 13.3. The number of anilines is 1. The second-order valence-electron chi connectivity index (χ2n) is 10.3. The summed E-state index contributed by atoms with van der Waals surface area (Å²) in [5.41, 5.74) is 1.14. The van der Waals surface area contributed by atoms with Crippen molar-refractivity contribution in [1.82, 2.24) is 10.2 Å². The van der Waals surface area contributed by atoms with Gasteiger partial charge in [0, 0.05) is 11.3 Å². The van der Waals surface area contributed by atoms with Gasteiger partial charge in [0.2, 0.25) is 10.9 Å². The van der Waals surface area contributed by atoms with Crippen LogP contribution in [0, 0.1) is 5.82 Å². The number of rotatable bonds is 10. The average molecular weight is 674 g/mol. The molecule has 240 valence electrons. The molecule has 1 atom stereocenters. The minimum Gasteiger partial charge on any atom is -0.507 e. The topological polar surface area (TPSA) is 120 Å². The predicted octanol–water partition coefficient (Wildman–Crippen LogP) is 6.78. The molecule has 1 saturated heterocycles. The maximum absolute atomic E-state index is 14.7. The molecule has 47 heavy (non-hydrogen) atoms. The third-order valence-electron chi connectivity index (χ3n) is 7.71. The van der Waals surface area contributed by atoms with Crippen LogP contribution in [0.5, 0.6) is 23.0 Å². The van der Waals surface area contributed by atoms with Gasteiger partial charge in [-0.3, -0.25) is 14.5 Å². The summed E-state index contributed by atoms with van der Waals surface area (Å²) >= 11 is 2.57. The maximum atomic E-state index is 14.7. The second-order valence-corrected chi connectivity index (χ2v) is 12.4. The first-order chi connectivity index (χ1) is 22.8. The van der Waals surface area contributed by atoms with E-state index >= 15 is 0 Å². The number of thioether (sulfide) groups is 1. The van der Waals surface area contributed by atoms with Crippen LogP contribution in [0.3, 0.4) is 0 Å². The lowest BCUT2D eigenvalue weighted by molar-refractivity contribution is -0.132. The van der Waals surface area contributed by atoms with Crippen molar-refractivity contribution in [3.05, 3.63) is 101 Å². The molecule has 1 aliphatic heterocycles. The predicted molar refractivity (Wildman–Crippen MR) is 177 cm³/mol. The Hall–Kier alpha value is -5.14. The fourth-order valence-corrected chi connectivity index (χ4v) is 7.36. The van der Waals surface area contributed by atoms with E-state index in [0.717, 1.165) is 33.7 Å². The molecule has 0 spiro atoms. The number of hydrogen-bond acceptors (Lipinski definition) is 11. The summed E-state index contributed by atoms with van der Waals surface area (Å²) in [6, 6.07) is 19.8. The van der Waals surface area contributed by atoms with Gasteiger partial charge in [-0.2, -0.15) is 0 Å². The van der Waals surface area contributed by atoms with E-state index < -0.39 is 29.3 Å². The van der Waals surface area contributed by atoms with Gasteiger partial charge in [0.05, 0.1) is 40.1 Å². The van der Waals surface area contributed by atoms with Crippen molar-refractivity contribution in [1.29, 1.82) is 0 Å². The number of aliphatic hydroxyl groups is 1.